The number of nitrogens with one attached hydrogen (secondary N) is 1. The van der Waals surface area contributed by atoms with Gasteiger partial charge in [-0.05, 0) is 32.2 Å². The zero-order valence-corrected chi connectivity index (χ0v) is 15.7. The van der Waals surface area contributed by atoms with Crippen LogP contribution in [0.1, 0.15) is 76.4 Å². The van der Waals surface area contributed by atoms with E-state index in [9.17, 15) is 4.79 Å². The number of amides is 1. The predicted octanol–water partition coefficient (Wildman–Crippen LogP) is 2.90. The number of likely N-dealkylation sites (tertiary alicyclic amines) is 1. The van der Waals surface area contributed by atoms with E-state index < -0.39 is 0 Å². The van der Waals surface area contributed by atoms with Gasteiger partial charge >= 0.3 is 0 Å². The van der Waals surface area contributed by atoms with Crippen LogP contribution in [0.25, 0.3) is 0 Å². The molecule has 140 valence electrons. The smallest absolute Gasteiger partial charge is 0.229 e. The van der Waals surface area contributed by atoms with Gasteiger partial charge in [-0.1, -0.05) is 38.3 Å². The van der Waals surface area contributed by atoms with E-state index in [1.54, 1.807) is 0 Å². The molecule has 2 aliphatic rings. The summed E-state index contributed by atoms with van der Waals surface area (Å²) in [6, 6.07) is 0.707. The molecule has 1 N–H and O–H groups in total. The Bertz CT molecular complexity index is 551. The van der Waals surface area contributed by atoms with E-state index in [-0.39, 0.29) is 17.7 Å². The summed E-state index contributed by atoms with van der Waals surface area (Å²) in [5.41, 5.74) is 0. The van der Waals surface area contributed by atoms with Crippen LogP contribution in [0.5, 0.6) is 0 Å². The van der Waals surface area contributed by atoms with Crippen LogP contribution in [0.4, 0.5) is 0 Å². The van der Waals surface area contributed by atoms with Gasteiger partial charge in [-0.25, -0.2) is 0 Å². The van der Waals surface area contributed by atoms with Gasteiger partial charge < -0.3 is 9.84 Å². The first-order valence-electron chi connectivity index (χ1n) is 9.97. The number of carbonyl (C=O) groups excluding carboxylic acids is 1. The fourth-order valence-electron chi connectivity index (χ4n) is 4.04. The van der Waals surface area contributed by atoms with Gasteiger partial charge in [-0.15, -0.1) is 0 Å². The van der Waals surface area contributed by atoms with E-state index in [4.69, 9.17) is 4.52 Å². The van der Waals surface area contributed by atoms with E-state index in [0.29, 0.717) is 30.7 Å². The number of nitrogens with zero attached hydrogens (tertiary/aromatic N) is 3. The lowest BCUT2D eigenvalue weighted by atomic mass is 9.90. The summed E-state index contributed by atoms with van der Waals surface area (Å²) in [6.07, 6.45) is 9.46. The Morgan fingerprint density at radius 1 is 1.24 bits per heavy atom. The number of hydrogen-bond donors (Lipinski definition) is 1. The fourth-order valence-corrected chi connectivity index (χ4v) is 4.04. The molecular formula is C19H32N4O2. The number of aromatic nitrogens is 2. The van der Waals surface area contributed by atoms with Crippen molar-refractivity contribution in [1.29, 1.82) is 0 Å². The first kappa shape index (κ1) is 18.4. The van der Waals surface area contributed by atoms with Crippen LogP contribution in [0.2, 0.25) is 0 Å². The summed E-state index contributed by atoms with van der Waals surface area (Å²) in [5, 5.41) is 7.05. The molecule has 0 bridgehead atoms. The maximum Gasteiger partial charge on any atom is 0.229 e. The Balaban J connectivity index is 1.42. The molecule has 6 nitrogen and oxygen atoms in total. The zero-order chi connectivity index (χ0) is 17.6. The van der Waals surface area contributed by atoms with Crippen molar-refractivity contribution in [3.63, 3.8) is 0 Å². The van der Waals surface area contributed by atoms with Gasteiger partial charge in [-0.2, -0.15) is 4.98 Å². The summed E-state index contributed by atoms with van der Waals surface area (Å²) in [7, 11) is 0. The summed E-state index contributed by atoms with van der Waals surface area (Å²) in [4.78, 5) is 19.5. The molecule has 0 spiro atoms. The van der Waals surface area contributed by atoms with E-state index in [1.807, 2.05) is 13.8 Å². The fraction of sp³-hybridized carbons (Fsp3) is 0.842. The van der Waals surface area contributed by atoms with E-state index in [2.05, 4.69) is 20.4 Å². The van der Waals surface area contributed by atoms with Gasteiger partial charge in [0.25, 0.3) is 0 Å². The van der Waals surface area contributed by atoms with Crippen LogP contribution < -0.4 is 5.32 Å². The van der Waals surface area contributed by atoms with Gasteiger partial charge in [0.05, 0.1) is 5.92 Å². The van der Waals surface area contributed by atoms with Crippen molar-refractivity contribution < 1.29 is 9.32 Å². The topological polar surface area (TPSA) is 71.3 Å². The molecule has 1 amide bonds. The van der Waals surface area contributed by atoms with Crippen molar-refractivity contribution in [2.75, 3.05) is 19.6 Å². The lowest BCUT2D eigenvalue weighted by Crippen LogP contribution is -2.47. The minimum atomic E-state index is 0.132. The lowest BCUT2D eigenvalue weighted by Gasteiger charge is -2.39. The van der Waals surface area contributed by atoms with Crippen molar-refractivity contribution in [1.82, 2.24) is 20.4 Å². The monoisotopic (exact) mass is 348 g/mol. The van der Waals surface area contributed by atoms with Crippen molar-refractivity contribution in [3.05, 3.63) is 11.7 Å². The molecule has 1 aliphatic carbocycles. The molecule has 25 heavy (non-hydrogen) atoms. The number of hydrogen-bond acceptors (Lipinski definition) is 5. The van der Waals surface area contributed by atoms with Gasteiger partial charge in [0.2, 0.25) is 11.8 Å². The minimum absolute atomic E-state index is 0.132. The summed E-state index contributed by atoms with van der Waals surface area (Å²) >= 11 is 0. The standard InChI is InChI=1S/C19H32N4O2/c1-14(2)19-21-17(22-25-19)10-11-20-18(24)15-7-6-12-23(13-15)16-8-4-3-5-9-16/h14-16H,3-13H2,1-2H3,(H,20,24). The Kier molecular flexibility index (Phi) is 6.45. The highest BCUT2D eigenvalue weighted by Gasteiger charge is 2.30. The normalized spacial score (nSPS) is 23.1. The number of carbonyl (C=O) groups is 1. The maximum atomic E-state index is 12.5. The molecular weight excluding hydrogens is 316 g/mol. The Morgan fingerprint density at radius 3 is 2.76 bits per heavy atom. The van der Waals surface area contributed by atoms with Crippen LogP contribution in [0.15, 0.2) is 4.52 Å². The van der Waals surface area contributed by atoms with Crippen LogP contribution >= 0.6 is 0 Å². The van der Waals surface area contributed by atoms with Crippen LogP contribution in [0.3, 0.4) is 0 Å². The van der Waals surface area contributed by atoms with Crippen LogP contribution in [0, 0.1) is 5.92 Å². The summed E-state index contributed by atoms with van der Waals surface area (Å²) in [5.74, 6) is 1.90. The molecule has 1 atom stereocenters. The Labute approximate surface area is 150 Å². The SMILES string of the molecule is CC(C)c1nc(CCNC(=O)C2CCCN(C3CCCCC3)C2)no1. The summed E-state index contributed by atoms with van der Waals surface area (Å²) in [6.45, 7) is 6.72. The highest BCUT2D eigenvalue weighted by Crippen LogP contribution is 2.27. The van der Waals surface area contributed by atoms with Gasteiger partial charge in [0.1, 0.15) is 0 Å². The third kappa shape index (κ3) is 5.03. The lowest BCUT2D eigenvalue weighted by molar-refractivity contribution is -0.127. The van der Waals surface area contributed by atoms with Crippen molar-refractivity contribution >= 4 is 5.91 Å². The van der Waals surface area contributed by atoms with Crippen LogP contribution in [-0.2, 0) is 11.2 Å². The zero-order valence-electron chi connectivity index (χ0n) is 15.7. The molecule has 1 saturated carbocycles. The van der Waals surface area contributed by atoms with Crippen molar-refractivity contribution in [2.45, 2.75) is 77.2 Å². The maximum absolute atomic E-state index is 12.5. The molecule has 2 fully saturated rings. The highest BCUT2D eigenvalue weighted by atomic mass is 16.5. The number of rotatable bonds is 6. The van der Waals surface area contributed by atoms with E-state index in [0.717, 1.165) is 25.9 Å². The third-order valence-corrected chi connectivity index (χ3v) is 5.54. The summed E-state index contributed by atoms with van der Waals surface area (Å²) < 4.78 is 5.20. The van der Waals surface area contributed by atoms with Gasteiger partial charge in [-0.3, -0.25) is 9.69 Å². The molecule has 6 heteroatoms. The Hall–Kier alpha value is -1.43. The first-order chi connectivity index (χ1) is 12.1. The average molecular weight is 348 g/mol. The first-order valence-corrected chi connectivity index (χ1v) is 9.97. The van der Waals surface area contributed by atoms with Gasteiger partial charge in [0, 0.05) is 31.5 Å². The molecule has 0 aromatic carbocycles. The van der Waals surface area contributed by atoms with E-state index in [1.165, 1.54) is 32.1 Å². The largest absolute Gasteiger partial charge is 0.355 e. The van der Waals surface area contributed by atoms with Crippen molar-refractivity contribution in [3.8, 4) is 0 Å². The van der Waals surface area contributed by atoms with E-state index >= 15 is 0 Å². The predicted molar refractivity (Wildman–Crippen MR) is 96.3 cm³/mol. The number of piperidine rings is 1. The second-order valence-electron chi connectivity index (χ2n) is 7.87. The quantitative estimate of drug-likeness (QED) is 0.856. The van der Waals surface area contributed by atoms with Gasteiger partial charge in [0.15, 0.2) is 5.82 Å². The van der Waals surface area contributed by atoms with Crippen molar-refractivity contribution in [2.24, 2.45) is 5.92 Å². The molecule has 1 aliphatic heterocycles. The van der Waals surface area contributed by atoms with Crippen LogP contribution in [-0.4, -0.2) is 46.6 Å². The second kappa shape index (κ2) is 8.79. The minimum Gasteiger partial charge on any atom is -0.355 e. The molecule has 1 aromatic heterocycles. The third-order valence-electron chi connectivity index (χ3n) is 5.54. The molecule has 1 saturated heterocycles. The molecule has 3 rings (SSSR count). The molecule has 1 aromatic rings. The molecule has 2 heterocycles. The Morgan fingerprint density at radius 2 is 2.04 bits per heavy atom. The second-order valence-corrected chi connectivity index (χ2v) is 7.87. The molecule has 0 radical (unpaired) electrons. The highest BCUT2D eigenvalue weighted by molar-refractivity contribution is 5.78. The molecule has 1 unspecified atom stereocenters. The average Bonchev–Trinajstić information content (AvgIpc) is 3.12.